The summed E-state index contributed by atoms with van der Waals surface area (Å²) in [5, 5.41) is 18.8. The lowest BCUT2D eigenvalue weighted by molar-refractivity contribution is -0.385. The number of anilines is 2. The van der Waals surface area contributed by atoms with E-state index < -0.39 is 28.4 Å². The number of nitro groups is 1. The minimum Gasteiger partial charge on any atom is -0.467 e. The smallest absolute Gasteiger partial charge is 0.319 e. The van der Waals surface area contributed by atoms with Crippen LogP contribution in [0.25, 0.3) is 0 Å². The predicted molar refractivity (Wildman–Crippen MR) is 107 cm³/mol. The van der Waals surface area contributed by atoms with Crippen molar-refractivity contribution in [1.29, 1.82) is 0 Å². The summed E-state index contributed by atoms with van der Waals surface area (Å²) in [4.78, 5) is 34.5. The third kappa shape index (κ3) is 4.98. The number of hydrogen-bond donors (Lipinski definition) is 3. The van der Waals surface area contributed by atoms with Gasteiger partial charge in [0.1, 0.15) is 11.6 Å². The maximum atomic E-state index is 13.9. The van der Waals surface area contributed by atoms with Gasteiger partial charge >= 0.3 is 6.03 Å². The first kappa shape index (κ1) is 20.5. The van der Waals surface area contributed by atoms with Crippen LogP contribution in [0.2, 0.25) is 0 Å². The number of rotatable bonds is 6. The lowest BCUT2D eigenvalue weighted by atomic mass is 10.1. The van der Waals surface area contributed by atoms with Gasteiger partial charge in [-0.05, 0) is 49.4 Å². The molecule has 10 heteroatoms. The molecule has 0 spiro atoms. The summed E-state index contributed by atoms with van der Waals surface area (Å²) in [7, 11) is 0. The molecular formula is C20H17FN4O5. The molecule has 0 unspecified atom stereocenters. The summed E-state index contributed by atoms with van der Waals surface area (Å²) in [6.45, 7) is 1.50. The molecule has 0 saturated carbocycles. The first-order valence-electron chi connectivity index (χ1n) is 8.76. The number of furan rings is 1. The molecule has 2 aromatic carbocycles. The molecule has 3 rings (SSSR count). The predicted octanol–water partition coefficient (Wildman–Crippen LogP) is 4.21. The summed E-state index contributed by atoms with van der Waals surface area (Å²) >= 11 is 0. The lowest BCUT2D eigenvalue weighted by Crippen LogP contribution is -2.27. The molecule has 0 radical (unpaired) electrons. The second kappa shape index (κ2) is 8.86. The number of amides is 3. The first-order chi connectivity index (χ1) is 14.3. The molecule has 0 fully saturated rings. The number of hydrogen-bond acceptors (Lipinski definition) is 5. The Balaban J connectivity index is 1.60. The molecule has 154 valence electrons. The van der Waals surface area contributed by atoms with E-state index in [1.54, 1.807) is 24.3 Å². The van der Waals surface area contributed by atoms with Crippen LogP contribution in [-0.4, -0.2) is 16.9 Å². The van der Waals surface area contributed by atoms with E-state index in [4.69, 9.17) is 4.42 Å². The highest BCUT2D eigenvalue weighted by Gasteiger charge is 2.19. The molecule has 0 saturated heterocycles. The molecule has 0 aliphatic heterocycles. The highest BCUT2D eigenvalue weighted by Crippen LogP contribution is 2.23. The molecule has 3 amide bonds. The third-order valence-corrected chi connectivity index (χ3v) is 4.18. The SMILES string of the molecule is Cc1c(F)cc(C(=O)Nc2ccc(NC(=O)NCc3ccco3)cc2)cc1[N+](=O)[O-]. The largest absolute Gasteiger partial charge is 0.467 e. The van der Waals surface area contributed by atoms with Gasteiger partial charge < -0.3 is 20.4 Å². The summed E-state index contributed by atoms with van der Waals surface area (Å²) in [6, 6.07) is 11.1. The van der Waals surface area contributed by atoms with Crippen LogP contribution in [-0.2, 0) is 6.54 Å². The van der Waals surface area contributed by atoms with Crippen LogP contribution in [0.15, 0.2) is 59.2 Å². The Labute approximate surface area is 170 Å². The minimum absolute atomic E-state index is 0.141. The highest BCUT2D eigenvalue weighted by molar-refractivity contribution is 6.05. The molecule has 1 aromatic heterocycles. The standard InChI is InChI=1S/C20H17FN4O5/c1-12-17(21)9-13(10-18(12)25(28)29)19(26)23-14-4-6-15(7-5-14)24-20(27)22-11-16-3-2-8-30-16/h2-10H,11H2,1H3,(H,23,26)(H2,22,24,27). The molecule has 0 aliphatic rings. The molecular weight excluding hydrogens is 395 g/mol. The Morgan fingerprint density at radius 1 is 1.10 bits per heavy atom. The zero-order chi connectivity index (χ0) is 21.7. The first-order valence-corrected chi connectivity index (χ1v) is 8.76. The van der Waals surface area contributed by atoms with Gasteiger partial charge in [0, 0.05) is 23.0 Å². The number of nitrogens with one attached hydrogen (secondary N) is 3. The van der Waals surface area contributed by atoms with Crippen molar-refractivity contribution in [3.8, 4) is 0 Å². The number of benzene rings is 2. The zero-order valence-electron chi connectivity index (χ0n) is 15.8. The van der Waals surface area contributed by atoms with Gasteiger partial charge in [0.2, 0.25) is 0 Å². The van der Waals surface area contributed by atoms with Crippen molar-refractivity contribution < 1.29 is 23.3 Å². The summed E-state index contributed by atoms with van der Waals surface area (Å²) in [5.74, 6) is -0.931. The van der Waals surface area contributed by atoms with Crippen LogP contribution >= 0.6 is 0 Å². The summed E-state index contributed by atoms with van der Waals surface area (Å²) < 4.78 is 19.0. The quantitative estimate of drug-likeness (QED) is 0.413. The lowest BCUT2D eigenvalue weighted by Gasteiger charge is -2.09. The molecule has 3 N–H and O–H groups in total. The van der Waals surface area contributed by atoms with Crippen molar-refractivity contribution in [2.75, 3.05) is 10.6 Å². The van der Waals surface area contributed by atoms with Crippen molar-refractivity contribution in [2.24, 2.45) is 0 Å². The number of nitrogens with zero attached hydrogens (tertiary/aromatic N) is 1. The molecule has 0 bridgehead atoms. The fraction of sp³-hybridized carbons (Fsp3) is 0.100. The third-order valence-electron chi connectivity index (χ3n) is 4.18. The average molecular weight is 412 g/mol. The average Bonchev–Trinajstić information content (AvgIpc) is 3.23. The van der Waals surface area contributed by atoms with E-state index >= 15 is 0 Å². The van der Waals surface area contributed by atoms with Gasteiger partial charge in [0.15, 0.2) is 0 Å². The second-order valence-electron chi connectivity index (χ2n) is 6.28. The number of carbonyl (C=O) groups is 2. The Kier molecular flexibility index (Phi) is 6.06. The molecule has 30 heavy (non-hydrogen) atoms. The topological polar surface area (TPSA) is 127 Å². The maximum Gasteiger partial charge on any atom is 0.319 e. The van der Waals surface area contributed by atoms with Crippen LogP contribution in [0, 0.1) is 22.9 Å². The van der Waals surface area contributed by atoms with E-state index in [2.05, 4.69) is 16.0 Å². The van der Waals surface area contributed by atoms with E-state index in [9.17, 15) is 24.1 Å². The fourth-order valence-electron chi connectivity index (χ4n) is 2.58. The van der Waals surface area contributed by atoms with Crippen molar-refractivity contribution in [1.82, 2.24) is 5.32 Å². The van der Waals surface area contributed by atoms with Gasteiger partial charge in [0.25, 0.3) is 11.6 Å². The molecule has 0 atom stereocenters. The van der Waals surface area contributed by atoms with E-state index in [0.29, 0.717) is 17.1 Å². The van der Waals surface area contributed by atoms with E-state index in [-0.39, 0.29) is 17.7 Å². The van der Waals surface area contributed by atoms with Crippen LogP contribution in [0.5, 0.6) is 0 Å². The Hall–Kier alpha value is -4.21. The van der Waals surface area contributed by atoms with Crippen LogP contribution in [0.1, 0.15) is 21.7 Å². The van der Waals surface area contributed by atoms with E-state index in [1.165, 1.54) is 25.3 Å². The molecule has 0 aliphatic carbocycles. The minimum atomic E-state index is -0.838. The van der Waals surface area contributed by atoms with Crippen molar-refractivity contribution in [3.63, 3.8) is 0 Å². The molecule has 9 nitrogen and oxygen atoms in total. The van der Waals surface area contributed by atoms with Gasteiger partial charge in [-0.25, -0.2) is 9.18 Å². The summed E-state index contributed by atoms with van der Waals surface area (Å²) in [6.07, 6.45) is 1.51. The number of halogens is 1. The van der Waals surface area contributed by atoms with E-state index in [0.717, 1.165) is 12.1 Å². The normalized spacial score (nSPS) is 10.3. The monoisotopic (exact) mass is 412 g/mol. The maximum absolute atomic E-state index is 13.9. The summed E-state index contributed by atoms with van der Waals surface area (Å²) in [5.41, 5.74) is 0.0500. The molecule has 1 heterocycles. The Morgan fingerprint density at radius 3 is 2.37 bits per heavy atom. The Bertz CT molecular complexity index is 1080. The highest BCUT2D eigenvalue weighted by atomic mass is 19.1. The van der Waals surface area contributed by atoms with Gasteiger partial charge in [-0.2, -0.15) is 0 Å². The zero-order valence-corrected chi connectivity index (χ0v) is 15.8. The molecule has 3 aromatic rings. The van der Waals surface area contributed by atoms with Crippen LogP contribution < -0.4 is 16.0 Å². The number of urea groups is 1. The van der Waals surface area contributed by atoms with Gasteiger partial charge in [0.05, 0.1) is 23.3 Å². The Morgan fingerprint density at radius 2 is 1.77 bits per heavy atom. The van der Waals surface area contributed by atoms with Gasteiger partial charge in [-0.15, -0.1) is 0 Å². The van der Waals surface area contributed by atoms with E-state index in [1.807, 2.05) is 0 Å². The number of nitro benzene ring substituents is 1. The second-order valence-corrected chi connectivity index (χ2v) is 6.28. The fourth-order valence-corrected chi connectivity index (χ4v) is 2.58. The van der Waals surface area contributed by atoms with Gasteiger partial charge in [-0.1, -0.05) is 0 Å². The van der Waals surface area contributed by atoms with Crippen molar-refractivity contribution in [3.05, 3.63) is 87.6 Å². The van der Waals surface area contributed by atoms with Crippen molar-refractivity contribution in [2.45, 2.75) is 13.5 Å². The van der Waals surface area contributed by atoms with Crippen LogP contribution in [0.3, 0.4) is 0 Å². The number of carbonyl (C=O) groups excluding carboxylic acids is 2. The van der Waals surface area contributed by atoms with Crippen molar-refractivity contribution >= 4 is 29.0 Å². The van der Waals surface area contributed by atoms with Gasteiger partial charge in [-0.3, -0.25) is 14.9 Å². The van der Waals surface area contributed by atoms with Crippen LogP contribution in [0.4, 0.5) is 26.2 Å².